The molecule has 0 radical (unpaired) electrons. The molecule has 0 saturated carbocycles. The number of hydrogen-bond donors (Lipinski definition) is 2. The molecule has 0 atom stereocenters. The molecule has 3 aromatic rings. The van der Waals surface area contributed by atoms with Gasteiger partial charge in [-0.05, 0) is 66.3 Å². The predicted molar refractivity (Wildman–Crippen MR) is 116 cm³/mol. The van der Waals surface area contributed by atoms with Crippen LogP contribution < -0.4 is 11.1 Å². The molecule has 2 aromatic carbocycles. The molecule has 0 amide bonds. The molecule has 1 aromatic heterocycles. The van der Waals surface area contributed by atoms with E-state index in [9.17, 15) is 0 Å². The number of nitrogens with two attached hydrogens (primary N) is 1. The number of hydrogen-bond acceptors (Lipinski definition) is 2. The first kappa shape index (κ1) is 18.4. The Labute approximate surface area is 170 Å². The van der Waals surface area contributed by atoms with Crippen LogP contribution in [0.4, 0.5) is 5.69 Å². The number of aromatic nitrogens is 2. The Morgan fingerprint density at radius 1 is 1.12 bits per heavy atom. The van der Waals surface area contributed by atoms with Crippen molar-refractivity contribution < 1.29 is 0 Å². The highest BCUT2D eigenvalue weighted by Crippen LogP contribution is 2.24. The second-order valence-corrected chi connectivity index (χ2v) is 6.28. The molecule has 0 aliphatic heterocycles. The Balaban J connectivity index is 0.00000196. The fraction of sp³-hybridized carbons (Fsp3) is 0.200. The number of nitrogens with one attached hydrogen (secondary N) is 1. The Bertz CT molecular complexity index is 885. The van der Waals surface area contributed by atoms with Gasteiger partial charge in [-0.2, -0.15) is 5.10 Å². The van der Waals surface area contributed by atoms with Crippen LogP contribution >= 0.6 is 24.0 Å². The van der Waals surface area contributed by atoms with E-state index < -0.39 is 0 Å². The number of halogens is 1. The largest absolute Gasteiger partial charge is 0.370 e. The molecule has 0 bridgehead atoms. The van der Waals surface area contributed by atoms with Gasteiger partial charge in [-0.25, -0.2) is 9.67 Å². The van der Waals surface area contributed by atoms with Crippen molar-refractivity contribution in [2.75, 3.05) is 5.32 Å². The van der Waals surface area contributed by atoms with Crippen LogP contribution in [0.3, 0.4) is 0 Å². The minimum absolute atomic E-state index is 0. The van der Waals surface area contributed by atoms with Gasteiger partial charge in [0.15, 0.2) is 5.96 Å². The number of aliphatic imine (C=N–C) groups is 1. The SMILES string of the molecule is I.NC(=NCc1ccc(-n2cccn2)cc1)Nc1ccc2c(c1)CCC2. The van der Waals surface area contributed by atoms with Crippen molar-refractivity contribution in [2.45, 2.75) is 25.8 Å². The molecule has 1 heterocycles. The first-order chi connectivity index (χ1) is 12.3. The normalized spacial score (nSPS) is 13.2. The minimum atomic E-state index is 0. The third kappa shape index (κ3) is 4.24. The summed E-state index contributed by atoms with van der Waals surface area (Å²) in [5.74, 6) is 0.439. The number of anilines is 1. The molecular weight excluding hydrogens is 437 g/mol. The van der Waals surface area contributed by atoms with Gasteiger partial charge in [-0.15, -0.1) is 24.0 Å². The van der Waals surface area contributed by atoms with Gasteiger partial charge in [0.1, 0.15) is 0 Å². The lowest BCUT2D eigenvalue weighted by atomic mass is 10.1. The molecule has 0 saturated heterocycles. The summed E-state index contributed by atoms with van der Waals surface area (Å²) < 4.78 is 1.83. The van der Waals surface area contributed by atoms with Gasteiger partial charge in [0.25, 0.3) is 0 Å². The van der Waals surface area contributed by atoms with Gasteiger partial charge in [0.05, 0.1) is 12.2 Å². The summed E-state index contributed by atoms with van der Waals surface area (Å²) in [5.41, 5.74) is 12.1. The first-order valence-electron chi connectivity index (χ1n) is 8.56. The van der Waals surface area contributed by atoms with E-state index in [0.29, 0.717) is 12.5 Å². The molecule has 5 nitrogen and oxygen atoms in total. The van der Waals surface area contributed by atoms with Crippen molar-refractivity contribution in [3.8, 4) is 5.69 Å². The van der Waals surface area contributed by atoms with Gasteiger partial charge in [-0.1, -0.05) is 18.2 Å². The standard InChI is InChI=1S/C20H21N5.HI/c21-20(24-18-8-7-16-3-1-4-17(16)13-18)22-14-15-5-9-19(10-6-15)25-12-2-11-23-25;/h2,5-13H,1,3-4,14H2,(H3,21,22,24);1H. The fourth-order valence-electron chi connectivity index (χ4n) is 3.19. The van der Waals surface area contributed by atoms with Gasteiger partial charge in [-0.3, -0.25) is 0 Å². The molecule has 1 aliphatic rings. The molecule has 0 spiro atoms. The van der Waals surface area contributed by atoms with Crippen molar-refractivity contribution in [1.29, 1.82) is 0 Å². The van der Waals surface area contributed by atoms with Crippen LogP contribution in [0.1, 0.15) is 23.1 Å². The molecule has 134 valence electrons. The summed E-state index contributed by atoms with van der Waals surface area (Å²) in [5, 5.41) is 7.41. The maximum Gasteiger partial charge on any atom is 0.193 e. The van der Waals surface area contributed by atoms with Crippen molar-refractivity contribution in [3.05, 3.63) is 77.6 Å². The van der Waals surface area contributed by atoms with Gasteiger partial charge in [0, 0.05) is 18.1 Å². The second kappa shape index (κ2) is 8.35. The highest BCUT2D eigenvalue weighted by molar-refractivity contribution is 14.0. The molecule has 4 rings (SSSR count). The molecule has 1 aliphatic carbocycles. The Hall–Kier alpha value is -2.35. The number of aryl methyl sites for hydroxylation is 2. The van der Waals surface area contributed by atoms with Crippen LogP contribution in [0.2, 0.25) is 0 Å². The summed E-state index contributed by atoms with van der Waals surface area (Å²) in [6.07, 6.45) is 7.28. The van der Waals surface area contributed by atoms with E-state index in [0.717, 1.165) is 23.4 Å². The summed E-state index contributed by atoms with van der Waals surface area (Å²) in [7, 11) is 0. The first-order valence-corrected chi connectivity index (χ1v) is 8.56. The van der Waals surface area contributed by atoms with Crippen LogP contribution in [0.5, 0.6) is 0 Å². The fourth-order valence-corrected chi connectivity index (χ4v) is 3.19. The summed E-state index contributed by atoms with van der Waals surface area (Å²) >= 11 is 0. The zero-order valence-electron chi connectivity index (χ0n) is 14.4. The lowest BCUT2D eigenvalue weighted by molar-refractivity contribution is 0.878. The quantitative estimate of drug-likeness (QED) is 0.353. The highest BCUT2D eigenvalue weighted by atomic mass is 127. The molecule has 26 heavy (non-hydrogen) atoms. The van der Waals surface area contributed by atoms with Crippen molar-refractivity contribution in [2.24, 2.45) is 10.7 Å². The van der Waals surface area contributed by atoms with Crippen molar-refractivity contribution >= 4 is 35.6 Å². The topological polar surface area (TPSA) is 68.2 Å². The van der Waals surface area contributed by atoms with Crippen LogP contribution in [0.25, 0.3) is 5.69 Å². The van der Waals surface area contributed by atoms with Crippen molar-refractivity contribution in [1.82, 2.24) is 9.78 Å². The van der Waals surface area contributed by atoms with E-state index in [-0.39, 0.29) is 24.0 Å². The number of nitrogens with zero attached hydrogens (tertiary/aromatic N) is 3. The smallest absolute Gasteiger partial charge is 0.193 e. The predicted octanol–water partition coefficient (Wildman–Crippen LogP) is 3.91. The van der Waals surface area contributed by atoms with Crippen molar-refractivity contribution in [3.63, 3.8) is 0 Å². The monoisotopic (exact) mass is 459 g/mol. The zero-order chi connectivity index (χ0) is 17.1. The van der Waals surface area contributed by atoms with Crippen LogP contribution in [-0.4, -0.2) is 15.7 Å². The summed E-state index contributed by atoms with van der Waals surface area (Å²) in [6.45, 7) is 0.545. The van der Waals surface area contributed by atoms with Crippen LogP contribution in [0.15, 0.2) is 65.9 Å². The Kier molecular flexibility index (Phi) is 5.92. The average Bonchev–Trinajstić information content (AvgIpc) is 3.32. The number of fused-ring (bicyclic) bond motifs is 1. The third-order valence-corrected chi connectivity index (χ3v) is 4.51. The average molecular weight is 459 g/mol. The highest BCUT2D eigenvalue weighted by Gasteiger charge is 2.10. The summed E-state index contributed by atoms with van der Waals surface area (Å²) in [6, 6.07) is 16.5. The molecular formula is C20H22IN5. The third-order valence-electron chi connectivity index (χ3n) is 4.51. The molecule has 0 fully saturated rings. The van der Waals surface area contributed by atoms with Gasteiger partial charge < -0.3 is 11.1 Å². The van der Waals surface area contributed by atoms with E-state index >= 15 is 0 Å². The van der Waals surface area contributed by atoms with Crippen LogP contribution in [0, 0.1) is 0 Å². The van der Waals surface area contributed by atoms with E-state index in [4.69, 9.17) is 5.73 Å². The van der Waals surface area contributed by atoms with Crippen LogP contribution in [-0.2, 0) is 19.4 Å². The minimum Gasteiger partial charge on any atom is -0.370 e. The maximum atomic E-state index is 6.03. The Morgan fingerprint density at radius 3 is 2.69 bits per heavy atom. The lowest BCUT2D eigenvalue weighted by Gasteiger charge is -2.08. The van der Waals surface area contributed by atoms with E-state index in [1.807, 2.05) is 41.2 Å². The maximum absolute atomic E-state index is 6.03. The molecule has 0 unspecified atom stereocenters. The van der Waals surface area contributed by atoms with Gasteiger partial charge >= 0.3 is 0 Å². The molecule has 3 N–H and O–H groups in total. The summed E-state index contributed by atoms with van der Waals surface area (Å²) in [4.78, 5) is 4.44. The zero-order valence-corrected chi connectivity index (χ0v) is 16.8. The van der Waals surface area contributed by atoms with E-state index in [1.165, 1.54) is 24.0 Å². The van der Waals surface area contributed by atoms with E-state index in [2.05, 4.69) is 33.6 Å². The number of rotatable bonds is 4. The Morgan fingerprint density at radius 2 is 1.92 bits per heavy atom. The van der Waals surface area contributed by atoms with Gasteiger partial charge in [0.2, 0.25) is 0 Å². The second-order valence-electron chi connectivity index (χ2n) is 6.28. The van der Waals surface area contributed by atoms with E-state index in [1.54, 1.807) is 6.20 Å². The lowest BCUT2D eigenvalue weighted by Crippen LogP contribution is -2.22. The number of benzene rings is 2. The number of guanidine groups is 1. The molecule has 6 heteroatoms.